The molecule has 0 bridgehead atoms. The van der Waals surface area contributed by atoms with E-state index in [0.29, 0.717) is 42.0 Å². The maximum absolute atomic E-state index is 13.1. The van der Waals surface area contributed by atoms with Gasteiger partial charge in [0.25, 0.3) is 0 Å². The highest BCUT2D eigenvalue weighted by atomic mass is 35.5. The first-order valence-corrected chi connectivity index (χ1v) is 8.96. The van der Waals surface area contributed by atoms with Crippen LogP contribution >= 0.6 is 11.6 Å². The zero-order chi connectivity index (χ0) is 18.7. The van der Waals surface area contributed by atoms with Crippen LogP contribution in [0.25, 0.3) is 0 Å². The Morgan fingerprint density at radius 3 is 2.81 bits per heavy atom. The average Bonchev–Trinajstić information content (AvgIpc) is 2.61. The number of hydrogen-bond acceptors (Lipinski definition) is 5. The van der Waals surface area contributed by atoms with Gasteiger partial charge in [0.2, 0.25) is 5.95 Å². The number of nitrogens with one attached hydrogen (secondary N) is 1. The number of hydrogen-bond donors (Lipinski definition) is 2. The van der Waals surface area contributed by atoms with E-state index in [0.717, 1.165) is 5.56 Å². The van der Waals surface area contributed by atoms with E-state index in [2.05, 4.69) is 15.3 Å². The van der Waals surface area contributed by atoms with Crippen molar-refractivity contribution in [3.8, 4) is 0 Å². The number of rotatable bonds is 6. The Kier molecular flexibility index (Phi) is 5.58. The number of benzene rings is 1. The maximum Gasteiger partial charge on any atom is 0.330 e. The Labute approximate surface area is 157 Å². The number of para-hydroxylation sites is 1. The third-order valence-electron chi connectivity index (χ3n) is 3.99. The Hall–Kier alpha value is -2.38. The van der Waals surface area contributed by atoms with Crippen LogP contribution in [0.5, 0.6) is 0 Å². The number of nitrogens with zero attached hydrogens (tertiary/aromatic N) is 4. The van der Waals surface area contributed by atoms with Crippen LogP contribution in [0.15, 0.2) is 30.5 Å². The van der Waals surface area contributed by atoms with Crippen LogP contribution < -0.4 is 15.1 Å². The maximum atomic E-state index is 13.1. The summed E-state index contributed by atoms with van der Waals surface area (Å²) >= 11 is 6.29. The lowest BCUT2D eigenvalue weighted by atomic mass is 10.2. The van der Waals surface area contributed by atoms with Gasteiger partial charge in [0.05, 0.1) is 17.3 Å². The molecule has 0 unspecified atom stereocenters. The number of halogens is 1. The molecule has 0 spiro atoms. The topological polar surface area (TPSA) is 81.6 Å². The van der Waals surface area contributed by atoms with Crippen LogP contribution in [-0.2, 0) is 6.54 Å². The molecule has 0 atom stereocenters. The minimum atomic E-state index is -0.215. The SMILES string of the molecule is CC(C)Nc1ncc2c(n1)N(CCCO)C(=O)N(c1ccccc1Cl)C2. The average molecular weight is 376 g/mol. The molecule has 7 nitrogen and oxygen atoms in total. The number of urea groups is 1. The van der Waals surface area contributed by atoms with Gasteiger partial charge in [-0.2, -0.15) is 4.98 Å². The van der Waals surface area contributed by atoms with Crippen LogP contribution in [0.1, 0.15) is 25.8 Å². The smallest absolute Gasteiger partial charge is 0.330 e. The van der Waals surface area contributed by atoms with E-state index < -0.39 is 0 Å². The summed E-state index contributed by atoms with van der Waals surface area (Å²) < 4.78 is 0. The molecule has 0 fully saturated rings. The molecule has 1 aliphatic rings. The quantitative estimate of drug-likeness (QED) is 0.809. The summed E-state index contributed by atoms with van der Waals surface area (Å²) in [6, 6.07) is 7.19. The van der Waals surface area contributed by atoms with E-state index in [1.807, 2.05) is 32.0 Å². The lowest BCUT2D eigenvalue weighted by Crippen LogP contribution is -2.48. The number of fused-ring (bicyclic) bond motifs is 1. The predicted molar refractivity (Wildman–Crippen MR) is 103 cm³/mol. The largest absolute Gasteiger partial charge is 0.396 e. The molecule has 2 amide bonds. The van der Waals surface area contributed by atoms with E-state index in [1.54, 1.807) is 22.1 Å². The van der Waals surface area contributed by atoms with Crippen LogP contribution in [0, 0.1) is 0 Å². The van der Waals surface area contributed by atoms with E-state index in [9.17, 15) is 9.90 Å². The van der Waals surface area contributed by atoms with Gasteiger partial charge >= 0.3 is 6.03 Å². The first kappa shape index (κ1) is 18.4. The summed E-state index contributed by atoms with van der Waals surface area (Å²) in [7, 11) is 0. The number of aliphatic hydroxyl groups is 1. The molecule has 1 aliphatic heterocycles. The van der Waals surface area contributed by atoms with Gasteiger partial charge in [0.15, 0.2) is 0 Å². The molecule has 0 aliphatic carbocycles. The van der Waals surface area contributed by atoms with Gasteiger partial charge in [0, 0.05) is 31.0 Å². The molecule has 0 saturated heterocycles. The van der Waals surface area contributed by atoms with Gasteiger partial charge in [-0.25, -0.2) is 9.78 Å². The number of amides is 2. The van der Waals surface area contributed by atoms with Crippen molar-refractivity contribution in [2.75, 3.05) is 28.3 Å². The van der Waals surface area contributed by atoms with E-state index >= 15 is 0 Å². The van der Waals surface area contributed by atoms with Crippen LogP contribution in [0.2, 0.25) is 5.02 Å². The number of carbonyl (C=O) groups excluding carboxylic acids is 1. The molecule has 1 aromatic carbocycles. The van der Waals surface area contributed by atoms with Crippen molar-refractivity contribution in [1.82, 2.24) is 9.97 Å². The minimum absolute atomic E-state index is 0.00656. The molecule has 2 heterocycles. The summed E-state index contributed by atoms with van der Waals surface area (Å²) in [6.45, 7) is 4.69. The molecule has 26 heavy (non-hydrogen) atoms. The molecule has 3 rings (SSSR count). The Bertz CT molecular complexity index is 799. The van der Waals surface area contributed by atoms with Crippen molar-refractivity contribution >= 4 is 35.1 Å². The second-order valence-electron chi connectivity index (χ2n) is 6.39. The lowest BCUT2D eigenvalue weighted by molar-refractivity contribution is 0.247. The van der Waals surface area contributed by atoms with Crippen molar-refractivity contribution in [2.24, 2.45) is 0 Å². The van der Waals surface area contributed by atoms with Gasteiger partial charge in [-0.05, 0) is 32.4 Å². The fourth-order valence-electron chi connectivity index (χ4n) is 2.83. The number of aliphatic hydroxyl groups excluding tert-OH is 1. The fourth-order valence-corrected chi connectivity index (χ4v) is 3.07. The Morgan fingerprint density at radius 2 is 2.12 bits per heavy atom. The third-order valence-corrected chi connectivity index (χ3v) is 4.31. The molecular weight excluding hydrogens is 354 g/mol. The summed E-state index contributed by atoms with van der Waals surface area (Å²) in [6.07, 6.45) is 2.19. The molecule has 1 aromatic heterocycles. The Morgan fingerprint density at radius 1 is 1.35 bits per heavy atom. The van der Waals surface area contributed by atoms with Gasteiger partial charge in [-0.3, -0.25) is 9.80 Å². The standard InChI is InChI=1S/C18H22ClN5O2/c1-12(2)21-17-20-10-13-11-24(15-7-4-3-6-14(15)19)18(26)23(8-5-9-25)16(13)22-17/h3-4,6-7,10,12,25H,5,8-9,11H2,1-2H3,(H,20,21,22). The first-order chi connectivity index (χ1) is 12.5. The van der Waals surface area contributed by atoms with Gasteiger partial charge in [0.1, 0.15) is 5.82 Å². The van der Waals surface area contributed by atoms with Crippen molar-refractivity contribution in [1.29, 1.82) is 0 Å². The summed E-state index contributed by atoms with van der Waals surface area (Å²) in [5.74, 6) is 1.05. The van der Waals surface area contributed by atoms with Crippen molar-refractivity contribution in [2.45, 2.75) is 32.9 Å². The number of aromatic nitrogens is 2. The monoisotopic (exact) mass is 375 g/mol. The van der Waals surface area contributed by atoms with Crippen molar-refractivity contribution in [3.05, 3.63) is 41.0 Å². The minimum Gasteiger partial charge on any atom is -0.396 e. The van der Waals surface area contributed by atoms with Crippen molar-refractivity contribution in [3.63, 3.8) is 0 Å². The Balaban J connectivity index is 2.01. The number of carbonyl (C=O) groups is 1. The van der Waals surface area contributed by atoms with Gasteiger partial charge in [-0.1, -0.05) is 23.7 Å². The lowest BCUT2D eigenvalue weighted by Gasteiger charge is -2.36. The fraction of sp³-hybridized carbons (Fsp3) is 0.389. The van der Waals surface area contributed by atoms with E-state index in [-0.39, 0.29) is 18.7 Å². The van der Waals surface area contributed by atoms with Crippen LogP contribution in [-0.4, -0.2) is 40.3 Å². The summed E-state index contributed by atoms with van der Waals surface area (Å²) in [5, 5.41) is 12.9. The molecule has 2 N–H and O–H groups in total. The van der Waals surface area contributed by atoms with Gasteiger partial charge < -0.3 is 10.4 Å². The summed E-state index contributed by atoms with van der Waals surface area (Å²) in [4.78, 5) is 25.2. The second-order valence-corrected chi connectivity index (χ2v) is 6.80. The molecule has 2 aromatic rings. The first-order valence-electron chi connectivity index (χ1n) is 8.58. The van der Waals surface area contributed by atoms with E-state index in [4.69, 9.17) is 11.6 Å². The zero-order valence-corrected chi connectivity index (χ0v) is 15.6. The second kappa shape index (κ2) is 7.88. The molecule has 0 radical (unpaired) electrons. The van der Waals surface area contributed by atoms with Crippen LogP contribution in [0.3, 0.4) is 0 Å². The predicted octanol–water partition coefficient (Wildman–Crippen LogP) is 3.28. The van der Waals surface area contributed by atoms with Gasteiger partial charge in [-0.15, -0.1) is 0 Å². The normalized spacial score (nSPS) is 14.0. The van der Waals surface area contributed by atoms with Crippen molar-refractivity contribution < 1.29 is 9.90 Å². The highest BCUT2D eigenvalue weighted by molar-refractivity contribution is 6.34. The van der Waals surface area contributed by atoms with E-state index in [1.165, 1.54) is 0 Å². The molecule has 138 valence electrons. The summed E-state index contributed by atoms with van der Waals surface area (Å²) in [5.41, 5.74) is 1.47. The number of anilines is 3. The third kappa shape index (κ3) is 3.73. The molecule has 0 saturated carbocycles. The zero-order valence-electron chi connectivity index (χ0n) is 14.8. The molecule has 8 heteroatoms. The highest BCUT2D eigenvalue weighted by Crippen LogP contribution is 2.34. The highest BCUT2D eigenvalue weighted by Gasteiger charge is 2.33. The molecular formula is C18H22ClN5O2. The van der Waals surface area contributed by atoms with Crippen LogP contribution in [0.4, 0.5) is 22.2 Å².